The Morgan fingerprint density at radius 3 is 2.33 bits per heavy atom. The van der Waals surface area contributed by atoms with E-state index < -0.39 is 14.8 Å². The fraction of sp³-hybridized carbons (Fsp3) is 1.00. The second kappa shape index (κ2) is 4.39. The summed E-state index contributed by atoms with van der Waals surface area (Å²) in [6.45, 7) is 5.76. The van der Waals surface area contributed by atoms with Gasteiger partial charge in [0.05, 0.1) is 4.75 Å². The van der Waals surface area contributed by atoms with E-state index in [9.17, 15) is 8.42 Å². The lowest BCUT2D eigenvalue weighted by Crippen LogP contribution is -2.50. The van der Waals surface area contributed by atoms with E-state index >= 15 is 0 Å². The van der Waals surface area contributed by atoms with Gasteiger partial charge in [0.2, 0.25) is 10.0 Å². The highest BCUT2D eigenvalue weighted by atomic mass is 32.2. The first-order chi connectivity index (χ1) is 6.80. The van der Waals surface area contributed by atoms with Gasteiger partial charge in [0, 0.05) is 13.7 Å². The molecule has 5 heteroatoms. The van der Waals surface area contributed by atoms with Crippen LogP contribution in [-0.2, 0) is 14.8 Å². The molecule has 0 aliphatic carbocycles. The minimum absolute atomic E-state index is 0.275. The SMILES string of the molecule is COC1CCCCN1S(=O)(=O)C(C)(C)C. The number of nitrogens with zero attached hydrogens (tertiary/aromatic N) is 1. The van der Waals surface area contributed by atoms with Crippen molar-refractivity contribution in [3.8, 4) is 0 Å². The minimum atomic E-state index is -3.25. The molecule has 1 rings (SSSR count). The zero-order chi connectivity index (χ0) is 11.7. The van der Waals surface area contributed by atoms with Gasteiger partial charge in [-0.1, -0.05) is 0 Å². The van der Waals surface area contributed by atoms with Crippen molar-refractivity contribution < 1.29 is 13.2 Å². The van der Waals surface area contributed by atoms with Gasteiger partial charge in [-0.15, -0.1) is 0 Å². The van der Waals surface area contributed by atoms with E-state index in [1.807, 2.05) is 0 Å². The summed E-state index contributed by atoms with van der Waals surface area (Å²) in [5.74, 6) is 0. The number of hydrogen-bond donors (Lipinski definition) is 0. The quantitative estimate of drug-likeness (QED) is 0.730. The van der Waals surface area contributed by atoms with Crippen LogP contribution in [0.4, 0.5) is 0 Å². The van der Waals surface area contributed by atoms with Crippen molar-refractivity contribution in [2.75, 3.05) is 13.7 Å². The Morgan fingerprint density at radius 1 is 1.27 bits per heavy atom. The molecule has 0 N–H and O–H groups in total. The molecule has 1 heterocycles. The Labute approximate surface area is 92.7 Å². The third-order valence-corrected chi connectivity index (χ3v) is 5.34. The number of methoxy groups -OCH3 is 1. The molecule has 1 atom stereocenters. The van der Waals surface area contributed by atoms with Crippen molar-refractivity contribution in [3.05, 3.63) is 0 Å². The monoisotopic (exact) mass is 235 g/mol. The predicted molar refractivity (Wildman–Crippen MR) is 60.0 cm³/mol. The van der Waals surface area contributed by atoms with E-state index in [-0.39, 0.29) is 6.23 Å². The van der Waals surface area contributed by atoms with Crippen LogP contribution in [0.15, 0.2) is 0 Å². The molecule has 90 valence electrons. The highest BCUT2D eigenvalue weighted by Crippen LogP contribution is 2.27. The molecule has 1 unspecified atom stereocenters. The summed E-state index contributed by atoms with van der Waals surface area (Å²) < 4.78 is 30.4. The molecule has 0 radical (unpaired) electrons. The third-order valence-electron chi connectivity index (χ3n) is 2.76. The van der Waals surface area contributed by atoms with E-state index in [0.29, 0.717) is 6.54 Å². The third kappa shape index (κ3) is 2.52. The molecule has 1 fully saturated rings. The maximum Gasteiger partial charge on any atom is 0.221 e. The summed E-state index contributed by atoms with van der Waals surface area (Å²) in [7, 11) is -1.68. The van der Waals surface area contributed by atoms with Crippen LogP contribution >= 0.6 is 0 Å². The molecule has 0 saturated carbocycles. The van der Waals surface area contributed by atoms with Crippen LogP contribution in [0.1, 0.15) is 40.0 Å². The van der Waals surface area contributed by atoms with Gasteiger partial charge in [-0.05, 0) is 40.0 Å². The van der Waals surface area contributed by atoms with Crippen molar-refractivity contribution in [3.63, 3.8) is 0 Å². The fourth-order valence-electron chi connectivity index (χ4n) is 1.74. The van der Waals surface area contributed by atoms with E-state index in [4.69, 9.17) is 4.74 Å². The molecular weight excluding hydrogens is 214 g/mol. The first-order valence-electron chi connectivity index (χ1n) is 5.35. The lowest BCUT2D eigenvalue weighted by Gasteiger charge is -2.37. The lowest BCUT2D eigenvalue weighted by molar-refractivity contribution is -0.00897. The summed E-state index contributed by atoms with van der Waals surface area (Å²) in [4.78, 5) is 0. The normalized spacial score (nSPS) is 25.5. The zero-order valence-electron chi connectivity index (χ0n) is 9.99. The Morgan fingerprint density at radius 2 is 1.87 bits per heavy atom. The summed E-state index contributed by atoms with van der Waals surface area (Å²) in [5.41, 5.74) is 0. The first kappa shape index (κ1) is 12.9. The smallest absolute Gasteiger partial charge is 0.221 e. The largest absolute Gasteiger partial charge is 0.365 e. The van der Waals surface area contributed by atoms with E-state index in [2.05, 4.69) is 0 Å². The van der Waals surface area contributed by atoms with Crippen molar-refractivity contribution in [1.29, 1.82) is 0 Å². The van der Waals surface area contributed by atoms with Gasteiger partial charge in [0.15, 0.2) is 0 Å². The fourth-order valence-corrected chi connectivity index (χ4v) is 3.31. The summed E-state index contributed by atoms with van der Waals surface area (Å²) in [5, 5.41) is 0. The molecule has 15 heavy (non-hydrogen) atoms. The minimum Gasteiger partial charge on any atom is -0.365 e. The van der Waals surface area contributed by atoms with Gasteiger partial charge >= 0.3 is 0 Å². The van der Waals surface area contributed by atoms with Gasteiger partial charge in [-0.3, -0.25) is 0 Å². The lowest BCUT2D eigenvalue weighted by atomic mass is 10.1. The van der Waals surface area contributed by atoms with Crippen LogP contribution in [0, 0.1) is 0 Å². The van der Waals surface area contributed by atoms with Crippen LogP contribution in [0.2, 0.25) is 0 Å². The topological polar surface area (TPSA) is 46.6 Å². The number of ether oxygens (including phenoxy) is 1. The Kier molecular flexibility index (Phi) is 3.79. The molecule has 0 bridgehead atoms. The van der Waals surface area contributed by atoms with Crippen LogP contribution < -0.4 is 0 Å². The first-order valence-corrected chi connectivity index (χ1v) is 6.79. The number of piperidine rings is 1. The Hall–Kier alpha value is -0.130. The van der Waals surface area contributed by atoms with Crippen molar-refractivity contribution in [2.24, 2.45) is 0 Å². The highest BCUT2D eigenvalue weighted by Gasteiger charge is 2.40. The number of hydrogen-bond acceptors (Lipinski definition) is 3. The molecular formula is C10H21NO3S. The number of sulfonamides is 1. The van der Waals surface area contributed by atoms with Crippen molar-refractivity contribution in [2.45, 2.75) is 51.0 Å². The van der Waals surface area contributed by atoms with Gasteiger partial charge in [0.1, 0.15) is 6.23 Å². The Balaban J connectivity index is 2.94. The molecule has 1 saturated heterocycles. The van der Waals surface area contributed by atoms with Crippen LogP contribution in [0.5, 0.6) is 0 Å². The predicted octanol–water partition coefficient (Wildman–Crippen LogP) is 1.57. The van der Waals surface area contributed by atoms with Crippen LogP contribution in [-0.4, -0.2) is 37.4 Å². The van der Waals surface area contributed by atoms with Gasteiger partial charge in [0.25, 0.3) is 0 Å². The maximum absolute atomic E-state index is 12.2. The highest BCUT2D eigenvalue weighted by molar-refractivity contribution is 7.90. The molecule has 0 spiro atoms. The molecule has 0 amide bonds. The van der Waals surface area contributed by atoms with Crippen LogP contribution in [0.3, 0.4) is 0 Å². The van der Waals surface area contributed by atoms with Gasteiger partial charge in [-0.25, -0.2) is 8.42 Å². The summed E-state index contributed by atoms with van der Waals surface area (Å²) >= 11 is 0. The molecule has 1 aliphatic rings. The molecule has 0 aromatic carbocycles. The van der Waals surface area contributed by atoms with Crippen molar-refractivity contribution in [1.82, 2.24) is 4.31 Å². The molecule has 0 aromatic rings. The van der Waals surface area contributed by atoms with E-state index in [1.165, 1.54) is 4.31 Å². The summed E-state index contributed by atoms with van der Waals surface area (Å²) in [6, 6.07) is 0. The Bertz CT molecular complexity index is 305. The average Bonchev–Trinajstić information content (AvgIpc) is 2.16. The van der Waals surface area contributed by atoms with Gasteiger partial charge < -0.3 is 4.74 Å². The van der Waals surface area contributed by atoms with Crippen LogP contribution in [0.25, 0.3) is 0 Å². The zero-order valence-corrected chi connectivity index (χ0v) is 10.8. The van der Waals surface area contributed by atoms with Gasteiger partial charge in [-0.2, -0.15) is 4.31 Å². The maximum atomic E-state index is 12.2. The molecule has 0 aromatic heterocycles. The number of rotatable bonds is 2. The second-order valence-electron chi connectivity index (χ2n) is 4.91. The second-order valence-corrected chi connectivity index (χ2v) is 7.56. The molecule has 4 nitrogen and oxygen atoms in total. The van der Waals surface area contributed by atoms with E-state index in [0.717, 1.165) is 19.3 Å². The van der Waals surface area contributed by atoms with E-state index in [1.54, 1.807) is 27.9 Å². The molecule has 1 aliphatic heterocycles. The van der Waals surface area contributed by atoms with Crippen molar-refractivity contribution >= 4 is 10.0 Å². The summed E-state index contributed by atoms with van der Waals surface area (Å²) in [6.07, 6.45) is 2.48. The standard InChI is InChI=1S/C10H21NO3S/c1-10(2,3)15(12,13)11-8-6-5-7-9(11)14-4/h9H,5-8H2,1-4H3. The average molecular weight is 235 g/mol.